The normalized spacial score (nSPS) is 14.1. The van der Waals surface area contributed by atoms with E-state index in [4.69, 9.17) is 4.74 Å². The minimum Gasteiger partial charge on any atom is -0.494 e. The Morgan fingerprint density at radius 2 is 1.68 bits per heavy atom. The van der Waals surface area contributed by atoms with Crippen LogP contribution in [0.5, 0.6) is 5.75 Å². The lowest BCUT2D eigenvalue weighted by Crippen LogP contribution is -2.46. The van der Waals surface area contributed by atoms with Gasteiger partial charge in [-0.3, -0.25) is 9.59 Å². The van der Waals surface area contributed by atoms with Crippen molar-refractivity contribution in [2.75, 3.05) is 19.7 Å². The predicted molar refractivity (Wildman–Crippen MR) is 141 cm³/mol. The zero-order chi connectivity index (χ0) is 25.8. The number of amides is 2. The van der Waals surface area contributed by atoms with E-state index in [-0.39, 0.29) is 30.2 Å². The maximum absolute atomic E-state index is 14.4. The Balaban J connectivity index is 1.26. The van der Waals surface area contributed by atoms with Crippen LogP contribution in [0.3, 0.4) is 0 Å². The van der Waals surface area contributed by atoms with Crippen LogP contribution in [0.2, 0.25) is 0 Å². The molecule has 0 unspecified atom stereocenters. The number of nitrogens with zero attached hydrogens (tertiary/aromatic N) is 2. The van der Waals surface area contributed by atoms with Crippen LogP contribution in [0.25, 0.3) is 10.9 Å². The molecule has 0 radical (unpaired) electrons. The van der Waals surface area contributed by atoms with Crippen LogP contribution in [0.15, 0.2) is 78.9 Å². The van der Waals surface area contributed by atoms with Crippen molar-refractivity contribution < 1.29 is 18.7 Å². The van der Waals surface area contributed by atoms with Crippen molar-refractivity contribution in [2.45, 2.75) is 32.4 Å². The van der Waals surface area contributed by atoms with Gasteiger partial charge in [0.15, 0.2) is 0 Å². The Labute approximate surface area is 215 Å². The highest BCUT2D eigenvalue weighted by Gasteiger charge is 2.26. The van der Waals surface area contributed by atoms with Gasteiger partial charge in [0, 0.05) is 41.2 Å². The number of nitrogens with one attached hydrogen (secondary N) is 1. The maximum atomic E-state index is 14.4. The first-order valence-corrected chi connectivity index (χ1v) is 12.7. The zero-order valence-electron chi connectivity index (χ0n) is 20.8. The number of likely N-dealkylation sites (tertiary alicyclic amines) is 1. The molecule has 0 aliphatic carbocycles. The summed E-state index contributed by atoms with van der Waals surface area (Å²) in [6.07, 6.45) is 1.34. The summed E-state index contributed by atoms with van der Waals surface area (Å²) in [6, 6.07) is 23.4. The van der Waals surface area contributed by atoms with Crippen LogP contribution in [0.1, 0.15) is 46.2 Å². The number of ether oxygens (including phenoxy) is 1. The highest BCUT2D eigenvalue weighted by molar-refractivity contribution is 5.99. The Hall–Kier alpha value is -4.13. The number of fused-ring (bicyclic) bond motifs is 1. The van der Waals surface area contributed by atoms with Gasteiger partial charge in [-0.1, -0.05) is 36.4 Å². The molecule has 1 N–H and O–H groups in total. The maximum Gasteiger partial charge on any atom is 0.268 e. The molecule has 0 spiro atoms. The van der Waals surface area contributed by atoms with Crippen LogP contribution in [-0.2, 0) is 6.54 Å². The van der Waals surface area contributed by atoms with E-state index in [1.807, 2.05) is 58.9 Å². The van der Waals surface area contributed by atoms with E-state index in [1.165, 1.54) is 6.07 Å². The summed E-state index contributed by atoms with van der Waals surface area (Å²) >= 11 is 0. The van der Waals surface area contributed by atoms with Crippen molar-refractivity contribution >= 4 is 22.7 Å². The molecule has 0 saturated carbocycles. The van der Waals surface area contributed by atoms with Crippen LogP contribution < -0.4 is 10.1 Å². The van der Waals surface area contributed by atoms with Crippen molar-refractivity contribution in [1.29, 1.82) is 0 Å². The van der Waals surface area contributed by atoms with E-state index < -0.39 is 0 Å². The monoisotopic (exact) mass is 499 g/mol. The third-order valence-corrected chi connectivity index (χ3v) is 6.86. The number of hydrogen-bond donors (Lipinski definition) is 1. The fourth-order valence-electron chi connectivity index (χ4n) is 4.90. The van der Waals surface area contributed by atoms with Crippen LogP contribution in [-0.4, -0.2) is 47.0 Å². The molecule has 1 aliphatic heterocycles. The topological polar surface area (TPSA) is 63.6 Å². The minimum absolute atomic E-state index is 0.0159. The highest BCUT2D eigenvalue weighted by atomic mass is 19.1. The smallest absolute Gasteiger partial charge is 0.268 e. The minimum atomic E-state index is -0.295. The molecule has 190 valence electrons. The summed E-state index contributed by atoms with van der Waals surface area (Å²) in [6.45, 7) is 3.89. The Kier molecular flexibility index (Phi) is 7.21. The van der Waals surface area contributed by atoms with E-state index in [2.05, 4.69) is 5.32 Å². The van der Waals surface area contributed by atoms with Crippen molar-refractivity contribution in [3.8, 4) is 5.75 Å². The number of piperidine rings is 1. The molecule has 1 aromatic heterocycles. The molecule has 7 heteroatoms. The molecule has 1 saturated heterocycles. The first-order valence-electron chi connectivity index (χ1n) is 12.7. The molecular formula is C30H30FN3O3. The molecule has 2 heterocycles. The SMILES string of the molecule is CCOc1ccc(C(=O)N2CCC(NC(=O)c3cc4ccccc4n3Cc3ccccc3F)CC2)cc1. The van der Waals surface area contributed by atoms with Crippen molar-refractivity contribution in [3.05, 3.63) is 102 Å². The average Bonchev–Trinajstić information content (AvgIpc) is 3.29. The Morgan fingerprint density at radius 1 is 0.973 bits per heavy atom. The van der Waals surface area contributed by atoms with E-state index in [0.29, 0.717) is 49.4 Å². The fourth-order valence-corrected chi connectivity index (χ4v) is 4.90. The first kappa shape index (κ1) is 24.6. The average molecular weight is 500 g/mol. The second kappa shape index (κ2) is 10.9. The molecule has 4 aromatic rings. The number of halogens is 1. The number of rotatable bonds is 7. The van der Waals surface area contributed by atoms with Gasteiger partial charge in [-0.2, -0.15) is 0 Å². The molecule has 2 amide bonds. The number of hydrogen-bond acceptors (Lipinski definition) is 3. The Bertz CT molecular complexity index is 1410. The summed E-state index contributed by atoms with van der Waals surface area (Å²) < 4.78 is 21.7. The molecular weight excluding hydrogens is 469 g/mol. The van der Waals surface area contributed by atoms with Gasteiger partial charge in [-0.25, -0.2) is 4.39 Å². The number of benzene rings is 3. The summed E-state index contributed by atoms with van der Waals surface area (Å²) in [5, 5.41) is 4.08. The molecule has 1 aliphatic rings. The van der Waals surface area contributed by atoms with Gasteiger partial charge in [0.05, 0.1) is 13.2 Å². The van der Waals surface area contributed by atoms with Crippen LogP contribution in [0, 0.1) is 5.82 Å². The molecule has 0 atom stereocenters. The molecule has 5 rings (SSSR count). The molecule has 3 aromatic carbocycles. The van der Waals surface area contributed by atoms with Crippen molar-refractivity contribution in [2.24, 2.45) is 0 Å². The standard InChI is InChI=1S/C30H30FN3O3/c1-2-37-25-13-11-21(12-14-25)30(36)33-17-15-24(16-18-33)32-29(35)28-19-22-7-4-6-10-27(22)34(28)20-23-8-3-5-9-26(23)31/h3-14,19,24H,2,15-18,20H2,1H3,(H,32,35). The van der Waals surface area contributed by atoms with E-state index in [1.54, 1.807) is 30.3 Å². The van der Waals surface area contributed by atoms with Gasteiger partial charge in [0.2, 0.25) is 0 Å². The van der Waals surface area contributed by atoms with Crippen molar-refractivity contribution in [3.63, 3.8) is 0 Å². The van der Waals surface area contributed by atoms with Gasteiger partial charge in [-0.15, -0.1) is 0 Å². The lowest BCUT2D eigenvalue weighted by Gasteiger charge is -2.32. The third-order valence-electron chi connectivity index (χ3n) is 6.86. The lowest BCUT2D eigenvalue weighted by atomic mass is 10.0. The second-order valence-electron chi connectivity index (χ2n) is 9.26. The van der Waals surface area contributed by atoms with Gasteiger partial charge >= 0.3 is 0 Å². The number of aromatic nitrogens is 1. The zero-order valence-corrected chi connectivity index (χ0v) is 20.8. The van der Waals surface area contributed by atoms with Gasteiger partial charge in [0.25, 0.3) is 11.8 Å². The summed E-state index contributed by atoms with van der Waals surface area (Å²) in [5.74, 6) is 0.241. The summed E-state index contributed by atoms with van der Waals surface area (Å²) in [5.41, 5.74) is 2.53. The predicted octanol–water partition coefficient (Wildman–Crippen LogP) is 5.26. The lowest BCUT2D eigenvalue weighted by molar-refractivity contribution is 0.0697. The second-order valence-corrected chi connectivity index (χ2v) is 9.26. The molecule has 1 fully saturated rings. The van der Waals surface area contributed by atoms with E-state index in [9.17, 15) is 14.0 Å². The fraction of sp³-hybridized carbons (Fsp3) is 0.267. The summed E-state index contributed by atoms with van der Waals surface area (Å²) in [4.78, 5) is 28.1. The number of carbonyl (C=O) groups excluding carboxylic acids is 2. The van der Waals surface area contributed by atoms with Gasteiger partial charge < -0.3 is 19.5 Å². The number of para-hydroxylation sites is 1. The van der Waals surface area contributed by atoms with Gasteiger partial charge in [-0.05, 0) is 62.2 Å². The molecule has 0 bridgehead atoms. The highest BCUT2D eigenvalue weighted by Crippen LogP contribution is 2.23. The number of carbonyl (C=O) groups is 2. The Morgan fingerprint density at radius 3 is 2.41 bits per heavy atom. The van der Waals surface area contributed by atoms with E-state index >= 15 is 0 Å². The quantitative estimate of drug-likeness (QED) is 0.377. The van der Waals surface area contributed by atoms with Gasteiger partial charge in [0.1, 0.15) is 17.3 Å². The first-order chi connectivity index (χ1) is 18.0. The summed E-state index contributed by atoms with van der Waals surface area (Å²) in [7, 11) is 0. The van der Waals surface area contributed by atoms with Crippen LogP contribution in [0.4, 0.5) is 4.39 Å². The van der Waals surface area contributed by atoms with Crippen LogP contribution >= 0.6 is 0 Å². The molecule has 37 heavy (non-hydrogen) atoms. The molecule has 6 nitrogen and oxygen atoms in total. The largest absolute Gasteiger partial charge is 0.494 e. The van der Waals surface area contributed by atoms with Crippen molar-refractivity contribution in [1.82, 2.24) is 14.8 Å². The van der Waals surface area contributed by atoms with E-state index in [0.717, 1.165) is 16.7 Å². The third kappa shape index (κ3) is 5.35.